The summed E-state index contributed by atoms with van der Waals surface area (Å²) in [4.78, 5) is 3.26. The molecular weight excluding hydrogens is 274 g/mol. The number of nitrogens with two attached hydrogens (primary N) is 1. The van der Waals surface area contributed by atoms with E-state index < -0.39 is 10.0 Å². The van der Waals surface area contributed by atoms with Gasteiger partial charge < -0.3 is 10.7 Å². The van der Waals surface area contributed by atoms with Crippen LogP contribution in [-0.4, -0.2) is 19.9 Å². The molecule has 5 nitrogen and oxygen atoms in total. The first-order valence-corrected chi connectivity index (χ1v) is 8.41. The van der Waals surface area contributed by atoms with Gasteiger partial charge in [0.25, 0.3) is 0 Å². The van der Waals surface area contributed by atoms with Gasteiger partial charge in [0.2, 0.25) is 10.0 Å². The molecule has 1 aromatic heterocycles. The first-order chi connectivity index (χ1) is 9.56. The molecule has 0 bridgehead atoms. The first kappa shape index (κ1) is 13.5. The van der Waals surface area contributed by atoms with Crippen molar-refractivity contribution in [3.8, 4) is 0 Å². The average Bonchev–Trinajstić information content (AvgIpc) is 3.05. The lowest BCUT2D eigenvalue weighted by Crippen LogP contribution is -2.28. The van der Waals surface area contributed by atoms with Gasteiger partial charge in [0.05, 0.1) is 0 Å². The minimum atomic E-state index is -3.47. The monoisotopic (exact) mass is 293 g/mol. The van der Waals surface area contributed by atoms with Crippen molar-refractivity contribution in [2.24, 2.45) is 5.92 Å². The van der Waals surface area contributed by atoms with Gasteiger partial charge in [-0.15, -0.1) is 0 Å². The minimum absolute atomic E-state index is 0.297. The third kappa shape index (κ3) is 2.53. The number of rotatable bonds is 4. The summed E-state index contributed by atoms with van der Waals surface area (Å²) in [6.07, 6.45) is 6.18. The molecule has 0 atom stereocenters. The summed E-state index contributed by atoms with van der Waals surface area (Å²) in [5.41, 5.74) is 7.05. The number of benzene rings is 1. The molecule has 20 heavy (non-hydrogen) atoms. The van der Waals surface area contributed by atoms with E-state index in [1.165, 1.54) is 19.0 Å². The van der Waals surface area contributed by atoms with Crippen LogP contribution in [0.3, 0.4) is 0 Å². The summed E-state index contributed by atoms with van der Waals surface area (Å²) in [7, 11) is -3.47. The molecule has 2 aromatic rings. The number of H-pyrrole nitrogens is 1. The number of anilines is 1. The zero-order valence-electron chi connectivity index (χ0n) is 11.2. The molecule has 1 fully saturated rings. The van der Waals surface area contributed by atoms with Crippen LogP contribution in [0.25, 0.3) is 10.9 Å². The van der Waals surface area contributed by atoms with Crippen molar-refractivity contribution < 1.29 is 8.42 Å². The molecule has 1 aromatic carbocycles. The largest absolute Gasteiger partial charge is 0.399 e. The van der Waals surface area contributed by atoms with E-state index in [0.29, 0.717) is 28.4 Å². The summed E-state index contributed by atoms with van der Waals surface area (Å²) in [6, 6.07) is 5.20. The van der Waals surface area contributed by atoms with Crippen molar-refractivity contribution >= 4 is 26.6 Å². The van der Waals surface area contributed by atoms with Gasteiger partial charge in [-0.3, -0.25) is 0 Å². The Hall–Kier alpha value is -1.53. The summed E-state index contributed by atoms with van der Waals surface area (Å²) in [5, 5.41) is 0.679. The molecule has 0 spiro atoms. The quantitative estimate of drug-likeness (QED) is 0.755. The Morgan fingerprint density at radius 3 is 2.80 bits per heavy atom. The fourth-order valence-corrected chi connectivity index (χ4v) is 4.15. The molecule has 4 N–H and O–H groups in total. The molecule has 1 saturated carbocycles. The molecule has 6 heteroatoms. The molecule has 0 saturated heterocycles. The van der Waals surface area contributed by atoms with Gasteiger partial charge in [-0.2, -0.15) is 0 Å². The van der Waals surface area contributed by atoms with Crippen molar-refractivity contribution in [3.05, 3.63) is 24.4 Å². The Balaban J connectivity index is 1.85. The third-order valence-electron chi connectivity index (χ3n) is 3.99. The Morgan fingerprint density at radius 1 is 1.30 bits per heavy atom. The smallest absolute Gasteiger partial charge is 0.242 e. The van der Waals surface area contributed by atoms with E-state index in [1.807, 2.05) is 0 Å². The van der Waals surface area contributed by atoms with E-state index in [-0.39, 0.29) is 0 Å². The standard InChI is InChI=1S/C14H19N3O2S/c15-11-5-6-12-13(7-11)16-9-14(12)20(18,19)17-8-10-3-1-2-4-10/h5-7,9-10,16-17H,1-4,8,15H2. The van der Waals surface area contributed by atoms with Crippen LogP contribution in [0.1, 0.15) is 25.7 Å². The van der Waals surface area contributed by atoms with Gasteiger partial charge in [0.1, 0.15) is 4.90 Å². The highest BCUT2D eigenvalue weighted by Crippen LogP contribution is 2.26. The normalized spacial score (nSPS) is 17.0. The molecule has 3 rings (SSSR count). The molecular formula is C14H19N3O2S. The zero-order chi connectivity index (χ0) is 14.2. The Kier molecular flexibility index (Phi) is 3.43. The Bertz CT molecular complexity index is 715. The molecule has 0 radical (unpaired) electrons. The predicted octanol–water partition coefficient (Wildman–Crippen LogP) is 2.22. The van der Waals surface area contributed by atoms with Crippen LogP contribution in [0, 0.1) is 5.92 Å². The highest BCUT2D eigenvalue weighted by atomic mass is 32.2. The lowest BCUT2D eigenvalue weighted by atomic mass is 10.1. The SMILES string of the molecule is Nc1ccc2c(S(=O)(=O)NCC3CCCC3)c[nH]c2c1. The number of hydrogen-bond donors (Lipinski definition) is 3. The summed E-state index contributed by atoms with van der Waals surface area (Å²) >= 11 is 0. The van der Waals surface area contributed by atoms with Gasteiger partial charge in [0, 0.05) is 29.3 Å². The van der Waals surface area contributed by atoms with Crippen LogP contribution in [0.4, 0.5) is 5.69 Å². The molecule has 108 valence electrons. The highest BCUT2D eigenvalue weighted by molar-refractivity contribution is 7.89. The summed E-state index contributed by atoms with van der Waals surface area (Å²) in [6.45, 7) is 0.532. The van der Waals surface area contributed by atoms with Crippen molar-refractivity contribution in [2.45, 2.75) is 30.6 Å². The van der Waals surface area contributed by atoms with Crippen molar-refractivity contribution in [1.82, 2.24) is 9.71 Å². The lowest BCUT2D eigenvalue weighted by molar-refractivity contribution is 0.520. The summed E-state index contributed by atoms with van der Waals surface area (Å²) in [5.74, 6) is 0.477. The van der Waals surface area contributed by atoms with Crippen molar-refractivity contribution in [1.29, 1.82) is 0 Å². The van der Waals surface area contributed by atoms with Crippen molar-refractivity contribution in [3.63, 3.8) is 0 Å². The van der Waals surface area contributed by atoms with Gasteiger partial charge in [-0.05, 0) is 37.0 Å². The minimum Gasteiger partial charge on any atom is -0.399 e. The van der Waals surface area contributed by atoms with Gasteiger partial charge >= 0.3 is 0 Å². The van der Waals surface area contributed by atoms with E-state index in [4.69, 9.17) is 5.73 Å². The van der Waals surface area contributed by atoms with Gasteiger partial charge in [-0.1, -0.05) is 12.8 Å². The third-order valence-corrected chi connectivity index (χ3v) is 5.46. The summed E-state index contributed by atoms with van der Waals surface area (Å²) < 4.78 is 27.5. The van der Waals surface area contributed by atoms with E-state index in [0.717, 1.165) is 18.4 Å². The van der Waals surface area contributed by atoms with Crippen LogP contribution < -0.4 is 10.5 Å². The molecule has 1 aliphatic rings. The van der Waals surface area contributed by atoms with Gasteiger partial charge in [0.15, 0.2) is 0 Å². The Morgan fingerprint density at radius 2 is 2.05 bits per heavy atom. The maximum absolute atomic E-state index is 12.4. The van der Waals surface area contributed by atoms with E-state index in [9.17, 15) is 8.42 Å². The number of fused-ring (bicyclic) bond motifs is 1. The molecule has 0 amide bonds. The second-order valence-corrected chi connectivity index (χ2v) is 7.20. The number of hydrogen-bond acceptors (Lipinski definition) is 3. The number of sulfonamides is 1. The number of nitrogens with one attached hydrogen (secondary N) is 2. The number of nitrogen functional groups attached to an aromatic ring is 1. The molecule has 0 aliphatic heterocycles. The van der Waals surface area contributed by atoms with Crippen LogP contribution >= 0.6 is 0 Å². The highest BCUT2D eigenvalue weighted by Gasteiger charge is 2.22. The maximum Gasteiger partial charge on any atom is 0.242 e. The predicted molar refractivity (Wildman–Crippen MR) is 79.9 cm³/mol. The van der Waals surface area contributed by atoms with E-state index >= 15 is 0 Å². The molecule has 0 unspecified atom stereocenters. The fourth-order valence-electron chi connectivity index (χ4n) is 2.86. The number of aromatic amines is 1. The van der Waals surface area contributed by atoms with Crippen LogP contribution in [0.15, 0.2) is 29.3 Å². The first-order valence-electron chi connectivity index (χ1n) is 6.92. The van der Waals surface area contributed by atoms with Crippen LogP contribution in [0.2, 0.25) is 0 Å². The Labute approximate surface area is 118 Å². The number of aromatic nitrogens is 1. The molecule has 1 heterocycles. The van der Waals surface area contributed by atoms with Gasteiger partial charge in [-0.25, -0.2) is 13.1 Å². The second-order valence-electron chi connectivity index (χ2n) is 5.46. The van der Waals surface area contributed by atoms with E-state index in [1.54, 1.807) is 18.2 Å². The maximum atomic E-state index is 12.4. The zero-order valence-corrected chi connectivity index (χ0v) is 12.0. The fraction of sp³-hybridized carbons (Fsp3) is 0.429. The topological polar surface area (TPSA) is 88.0 Å². The average molecular weight is 293 g/mol. The van der Waals surface area contributed by atoms with Crippen LogP contribution in [-0.2, 0) is 10.0 Å². The van der Waals surface area contributed by atoms with Crippen LogP contribution in [0.5, 0.6) is 0 Å². The van der Waals surface area contributed by atoms with E-state index in [2.05, 4.69) is 9.71 Å². The second kappa shape index (κ2) is 5.10. The molecule has 1 aliphatic carbocycles. The van der Waals surface area contributed by atoms with Crippen molar-refractivity contribution in [2.75, 3.05) is 12.3 Å². The lowest BCUT2D eigenvalue weighted by Gasteiger charge is -2.10.